The first-order valence-corrected chi connectivity index (χ1v) is 10.1. The molecule has 0 spiro atoms. The highest BCUT2D eigenvalue weighted by Gasteiger charge is 2.30. The minimum atomic E-state index is 0.0494. The van der Waals surface area contributed by atoms with Crippen molar-refractivity contribution in [1.29, 1.82) is 0 Å². The molecule has 0 unspecified atom stereocenters. The van der Waals surface area contributed by atoms with Gasteiger partial charge in [-0.25, -0.2) is 0 Å². The van der Waals surface area contributed by atoms with Crippen molar-refractivity contribution >= 4 is 33.9 Å². The summed E-state index contributed by atoms with van der Waals surface area (Å²) in [7, 11) is 0. The average Bonchev–Trinajstić information content (AvgIpc) is 2.69. The zero-order valence-electron chi connectivity index (χ0n) is 17.2. The van der Waals surface area contributed by atoms with Crippen LogP contribution in [0.25, 0.3) is 16.3 Å². The van der Waals surface area contributed by atoms with E-state index in [1.54, 1.807) is 0 Å². The van der Waals surface area contributed by atoms with Gasteiger partial charge in [0.05, 0.1) is 11.2 Å². The second kappa shape index (κ2) is 7.27. The highest BCUT2D eigenvalue weighted by molar-refractivity contribution is 5.90. The van der Waals surface area contributed by atoms with E-state index in [9.17, 15) is 0 Å². The molecule has 0 aliphatic carbocycles. The molecule has 1 heterocycles. The first-order chi connectivity index (χ1) is 13.5. The fourth-order valence-electron chi connectivity index (χ4n) is 4.22. The largest absolute Gasteiger partial charge is 0.362 e. The normalized spacial score (nSPS) is 15.7. The highest BCUT2D eigenvalue weighted by atomic mass is 15.2. The fourth-order valence-corrected chi connectivity index (χ4v) is 4.22. The highest BCUT2D eigenvalue weighted by Crippen LogP contribution is 2.39. The van der Waals surface area contributed by atoms with Crippen LogP contribution in [0.1, 0.15) is 45.2 Å². The van der Waals surface area contributed by atoms with Crippen LogP contribution in [0.15, 0.2) is 71.7 Å². The van der Waals surface area contributed by atoms with Crippen LogP contribution in [-0.4, -0.2) is 18.3 Å². The lowest BCUT2D eigenvalue weighted by molar-refractivity contribution is 0.550. The van der Waals surface area contributed by atoms with Gasteiger partial charge >= 0.3 is 0 Å². The van der Waals surface area contributed by atoms with E-state index < -0.39 is 0 Å². The van der Waals surface area contributed by atoms with Crippen molar-refractivity contribution in [1.82, 2.24) is 0 Å². The zero-order valence-corrected chi connectivity index (χ0v) is 17.2. The number of nitrogens with zero attached hydrogens (tertiary/aromatic N) is 2. The maximum atomic E-state index is 4.73. The number of fused-ring (bicyclic) bond motifs is 2. The van der Waals surface area contributed by atoms with Gasteiger partial charge in [-0.1, -0.05) is 49.4 Å². The van der Waals surface area contributed by atoms with Crippen LogP contribution >= 0.6 is 0 Å². The number of allylic oxidation sites excluding steroid dienone is 1. The topological polar surface area (TPSA) is 15.6 Å². The van der Waals surface area contributed by atoms with E-state index in [4.69, 9.17) is 4.99 Å². The zero-order chi connectivity index (χ0) is 19.7. The SMILES string of the molecule is CCCN1c2ccc(C=Nc3ccc4ccccc4c3)cc2C(C)=CC1(C)C. The predicted octanol–water partition coefficient (Wildman–Crippen LogP) is 7.00. The molecule has 3 aromatic rings. The van der Waals surface area contributed by atoms with Gasteiger partial charge in [-0.05, 0) is 73.4 Å². The predicted molar refractivity (Wildman–Crippen MR) is 123 cm³/mol. The van der Waals surface area contributed by atoms with Gasteiger partial charge in [-0.2, -0.15) is 0 Å². The molecular formula is C26H28N2. The number of rotatable bonds is 4. The second-order valence-electron chi connectivity index (χ2n) is 8.20. The number of anilines is 1. The van der Waals surface area contributed by atoms with Gasteiger partial charge in [0.2, 0.25) is 0 Å². The van der Waals surface area contributed by atoms with Gasteiger partial charge in [0.15, 0.2) is 0 Å². The molecule has 0 atom stereocenters. The summed E-state index contributed by atoms with van der Waals surface area (Å²) in [6.45, 7) is 10.1. The minimum absolute atomic E-state index is 0.0494. The van der Waals surface area contributed by atoms with E-state index in [0.717, 1.165) is 24.2 Å². The minimum Gasteiger partial charge on any atom is -0.362 e. The van der Waals surface area contributed by atoms with E-state index >= 15 is 0 Å². The fraction of sp³-hybridized carbons (Fsp3) is 0.269. The van der Waals surface area contributed by atoms with Crippen molar-refractivity contribution in [3.63, 3.8) is 0 Å². The lowest BCUT2D eigenvalue weighted by Crippen LogP contribution is -2.45. The van der Waals surface area contributed by atoms with Crippen LogP contribution < -0.4 is 4.90 Å². The Morgan fingerprint density at radius 2 is 1.75 bits per heavy atom. The Bertz CT molecular complexity index is 1070. The van der Waals surface area contributed by atoms with E-state index in [1.807, 2.05) is 6.21 Å². The molecule has 1 aliphatic heterocycles. The van der Waals surface area contributed by atoms with Crippen LogP contribution in [0, 0.1) is 0 Å². The maximum absolute atomic E-state index is 4.73. The molecule has 1 aliphatic rings. The molecule has 0 radical (unpaired) electrons. The number of hydrogen-bond donors (Lipinski definition) is 0. The smallest absolute Gasteiger partial charge is 0.0636 e. The molecule has 0 fully saturated rings. The third-order valence-electron chi connectivity index (χ3n) is 5.54. The van der Waals surface area contributed by atoms with Gasteiger partial charge < -0.3 is 4.90 Å². The van der Waals surface area contributed by atoms with E-state index in [0.29, 0.717) is 0 Å². The Hall–Kier alpha value is -2.87. The lowest BCUT2D eigenvalue weighted by Gasteiger charge is -2.43. The van der Waals surface area contributed by atoms with Crippen molar-refractivity contribution in [2.45, 2.75) is 39.7 Å². The summed E-state index contributed by atoms with van der Waals surface area (Å²) in [6.07, 6.45) is 5.50. The Morgan fingerprint density at radius 3 is 2.54 bits per heavy atom. The third-order valence-corrected chi connectivity index (χ3v) is 5.54. The molecule has 0 bridgehead atoms. The van der Waals surface area contributed by atoms with E-state index in [-0.39, 0.29) is 5.54 Å². The van der Waals surface area contributed by atoms with Crippen molar-refractivity contribution in [3.05, 3.63) is 77.9 Å². The van der Waals surface area contributed by atoms with Crippen LogP contribution in [0.4, 0.5) is 11.4 Å². The molecule has 2 heteroatoms. The van der Waals surface area contributed by atoms with E-state index in [2.05, 4.69) is 99.3 Å². The Morgan fingerprint density at radius 1 is 0.964 bits per heavy atom. The Labute approximate surface area is 168 Å². The van der Waals surface area contributed by atoms with Crippen LogP contribution in [0.5, 0.6) is 0 Å². The van der Waals surface area contributed by atoms with Crippen molar-refractivity contribution in [3.8, 4) is 0 Å². The summed E-state index contributed by atoms with van der Waals surface area (Å²) in [4.78, 5) is 7.24. The Balaban J connectivity index is 1.66. The molecular weight excluding hydrogens is 340 g/mol. The average molecular weight is 369 g/mol. The summed E-state index contributed by atoms with van der Waals surface area (Å²) >= 11 is 0. The van der Waals surface area contributed by atoms with Gasteiger partial charge in [-0.15, -0.1) is 0 Å². The lowest BCUT2D eigenvalue weighted by atomic mass is 9.88. The number of benzene rings is 3. The molecule has 0 saturated carbocycles. The van der Waals surface area contributed by atoms with Gasteiger partial charge in [0.1, 0.15) is 0 Å². The summed E-state index contributed by atoms with van der Waals surface area (Å²) < 4.78 is 0. The molecule has 2 nitrogen and oxygen atoms in total. The molecule has 3 aromatic carbocycles. The van der Waals surface area contributed by atoms with Crippen molar-refractivity contribution < 1.29 is 0 Å². The quantitative estimate of drug-likeness (QED) is 0.453. The molecule has 0 aromatic heterocycles. The molecule has 0 saturated heterocycles. The molecule has 4 rings (SSSR count). The van der Waals surface area contributed by atoms with E-state index in [1.165, 1.54) is 27.6 Å². The van der Waals surface area contributed by atoms with Gasteiger partial charge in [0, 0.05) is 24.0 Å². The third kappa shape index (κ3) is 3.47. The Kier molecular flexibility index (Phi) is 4.80. The van der Waals surface area contributed by atoms with Crippen LogP contribution in [0.3, 0.4) is 0 Å². The summed E-state index contributed by atoms with van der Waals surface area (Å²) in [5.74, 6) is 0. The first kappa shape index (κ1) is 18.5. The first-order valence-electron chi connectivity index (χ1n) is 10.1. The maximum Gasteiger partial charge on any atom is 0.0636 e. The van der Waals surface area contributed by atoms with Crippen LogP contribution in [0.2, 0.25) is 0 Å². The monoisotopic (exact) mass is 368 g/mol. The molecule has 0 amide bonds. The van der Waals surface area contributed by atoms with Crippen molar-refractivity contribution in [2.75, 3.05) is 11.4 Å². The number of aliphatic imine (C=N–C) groups is 1. The standard InChI is InChI=1S/C26H28N2/c1-5-14-28-25-13-10-20(15-24(25)19(2)17-26(28,3)4)18-27-23-12-11-21-8-6-7-9-22(21)16-23/h6-13,15-18H,5,14H2,1-4H3. The van der Waals surface area contributed by atoms with Gasteiger partial charge in [0.25, 0.3) is 0 Å². The second-order valence-corrected chi connectivity index (χ2v) is 8.20. The van der Waals surface area contributed by atoms with Crippen LogP contribution in [-0.2, 0) is 0 Å². The summed E-state index contributed by atoms with van der Waals surface area (Å²) in [5.41, 5.74) is 6.15. The van der Waals surface area contributed by atoms with Crippen molar-refractivity contribution in [2.24, 2.45) is 4.99 Å². The molecule has 142 valence electrons. The summed E-state index contributed by atoms with van der Waals surface area (Å²) in [5, 5.41) is 2.47. The summed E-state index contributed by atoms with van der Waals surface area (Å²) in [6, 6.07) is 21.4. The van der Waals surface area contributed by atoms with Gasteiger partial charge in [-0.3, -0.25) is 4.99 Å². The molecule has 0 N–H and O–H groups in total. The molecule has 28 heavy (non-hydrogen) atoms. The number of hydrogen-bond acceptors (Lipinski definition) is 2.